The van der Waals surface area contributed by atoms with E-state index in [1.54, 1.807) is 54.0 Å². The van der Waals surface area contributed by atoms with Crippen LogP contribution in [0.1, 0.15) is 26.3 Å². The summed E-state index contributed by atoms with van der Waals surface area (Å²) in [5, 5.41) is 12.7. The molecule has 0 fully saturated rings. The van der Waals surface area contributed by atoms with Crippen LogP contribution in [0.25, 0.3) is 10.9 Å². The molecule has 154 valence electrons. The standard InChI is InChI=1S/C22H21ClN4O2S/c1-13(2)12-27-21(29)18-10-16(23)7-8-19(18)26-22(27)30-14(3)20(28)25-17-6-4-5-15(9-17)11-24/h4-10,13-14H,12H2,1-3H3,(H,25,28). The van der Waals surface area contributed by atoms with Crippen molar-refractivity contribution in [1.82, 2.24) is 9.55 Å². The third-order valence-corrected chi connectivity index (χ3v) is 5.66. The van der Waals surface area contributed by atoms with Gasteiger partial charge in [-0.1, -0.05) is 43.3 Å². The molecule has 2 aromatic carbocycles. The van der Waals surface area contributed by atoms with Crippen LogP contribution < -0.4 is 10.9 Å². The molecule has 1 amide bonds. The number of rotatable bonds is 6. The number of benzene rings is 2. The van der Waals surface area contributed by atoms with Crippen LogP contribution in [-0.4, -0.2) is 20.7 Å². The van der Waals surface area contributed by atoms with Crippen LogP contribution >= 0.6 is 23.4 Å². The zero-order valence-electron chi connectivity index (χ0n) is 16.8. The van der Waals surface area contributed by atoms with Crippen molar-refractivity contribution in [3.05, 3.63) is 63.4 Å². The Morgan fingerprint density at radius 1 is 1.27 bits per heavy atom. The molecule has 30 heavy (non-hydrogen) atoms. The molecule has 0 aliphatic carbocycles. The topological polar surface area (TPSA) is 87.8 Å². The van der Waals surface area contributed by atoms with Crippen molar-refractivity contribution in [3.63, 3.8) is 0 Å². The molecular weight excluding hydrogens is 420 g/mol. The lowest BCUT2D eigenvalue weighted by Crippen LogP contribution is -2.28. The van der Waals surface area contributed by atoms with Crippen LogP contribution in [0, 0.1) is 17.2 Å². The van der Waals surface area contributed by atoms with Gasteiger partial charge in [-0.2, -0.15) is 5.26 Å². The number of fused-ring (bicyclic) bond motifs is 1. The SMILES string of the molecule is CC(C)Cn1c(SC(C)C(=O)Nc2cccc(C#N)c2)nc2ccc(Cl)cc2c1=O. The Kier molecular flexibility index (Phi) is 6.80. The highest BCUT2D eigenvalue weighted by molar-refractivity contribution is 8.00. The van der Waals surface area contributed by atoms with Gasteiger partial charge in [0, 0.05) is 17.3 Å². The van der Waals surface area contributed by atoms with Crippen molar-refractivity contribution in [2.45, 2.75) is 37.7 Å². The number of halogens is 1. The first-order chi connectivity index (χ1) is 14.3. The fourth-order valence-corrected chi connectivity index (χ4v) is 4.00. The van der Waals surface area contributed by atoms with E-state index in [9.17, 15) is 9.59 Å². The van der Waals surface area contributed by atoms with Crippen molar-refractivity contribution >= 4 is 45.9 Å². The van der Waals surface area contributed by atoms with Gasteiger partial charge in [-0.25, -0.2) is 4.98 Å². The summed E-state index contributed by atoms with van der Waals surface area (Å²) in [6.07, 6.45) is 0. The Morgan fingerprint density at radius 2 is 2.03 bits per heavy atom. The molecule has 0 saturated carbocycles. The Balaban J connectivity index is 1.91. The fourth-order valence-electron chi connectivity index (χ4n) is 2.91. The Labute approximate surface area is 183 Å². The van der Waals surface area contributed by atoms with E-state index in [0.717, 1.165) is 0 Å². The summed E-state index contributed by atoms with van der Waals surface area (Å²) >= 11 is 7.28. The zero-order chi connectivity index (χ0) is 21.8. The number of aromatic nitrogens is 2. The highest BCUT2D eigenvalue weighted by atomic mass is 35.5. The first-order valence-electron chi connectivity index (χ1n) is 9.46. The van der Waals surface area contributed by atoms with E-state index in [-0.39, 0.29) is 17.4 Å². The average molecular weight is 441 g/mol. The minimum absolute atomic E-state index is 0.173. The molecule has 6 nitrogen and oxygen atoms in total. The maximum Gasteiger partial charge on any atom is 0.262 e. The van der Waals surface area contributed by atoms with Gasteiger partial charge in [0.25, 0.3) is 5.56 Å². The highest BCUT2D eigenvalue weighted by Crippen LogP contribution is 2.25. The first kappa shape index (κ1) is 21.9. The van der Waals surface area contributed by atoms with Gasteiger partial charge in [-0.05, 0) is 49.2 Å². The van der Waals surface area contributed by atoms with Crippen molar-refractivity contribution in [2.75, 3.05) is 5.32 Å². The van der Waals surface area contributed by atoms with Gasteiger partial charge in [0.05, 0.1) is 27.8 Å². The number of hydrogen-bond acceptors (Lipinski definition) is 5. The fraction of sp³-hybridized carbons (Fsp3) is 0.273. The van der Waals surface area contributed by atoms with Crippen LogP contribution in [0.3, 0.4) is 0 Å². The molecule has 1 atom stereocenters. The summed E-state index contributed by atoms with van der Waals surface area (Å²) in [4.78, 5) is 30.4. The van der Waals surface area contributed by atoms with Gasteiger partial charge in [-0.3, -0.25) is 14.2 Å². The van der Waals surface area contributed by atoms with Gasteiger partial charge in [0.2, 0.25) is 5.91 Å². The van der Waals surface area contributed by atoms with E-state index >= 15 is 0 Å². The Morgan fingerprint density at radius 3 is 2.73 bits per heavy atom. The van der Waals surface area contributed by atoms with Gasteiger partial charge >= 0.3 is 0 Å². The number of carbonyl (C=O) groups is 1. The molecule has 1 aromatic heterocycles. The molecule has 0 saturated heterocycles. The number of nitrogens with zero attached hydrogens (tertiary/aromatic N) is 3. The predicted molar refractivity (Wildman–Crippen MR) is 121 cm³/mol. The first-order valence-corrected chi connectivity index (χ1v) is 10.7. The van der Waals surface area contributed by atoms with E-state index in [4.69, 9.17) is 16.9 Å². The maximum absolute atomic E-state index is 13.1. The van der Waals surface area contributed by atoms with Gasteiger partial charge in [0.1, 0.15) is 0 Å². The number of anilines is 1. The molecule has 0 bridgehead atoms. The lowest BCUT2D eigenvalue weighted by molar-refractivity contribution is -0.115. The van der Waals surface area contributed by atoms with Crippen LogP contribution in [0.2, 0.25) is 5.02 Å². The monoisotopic (exact) mass is 440 g/mol. The van der Waals surface area contributed by atoms with E-state index in [0.29, 0.717) is 38.9 Å². The molecular formula is C22H21ClN4O2S. The summed E-state index contributed by atoms with van der Waals surface area (Å²) in [5.74, 6) is -0.0185. The molecule has 1 N–H and O–H groups in total. The number of thioether (sulfide) groups is 1. The van der Waals surface area contributed by atoms with E-state index < -0.39 is 5.25 Å². The number of nitrogens with one attached hydrogen (secondary N) is 1. The van der Waals surface area contributed by atoms with Crippen molar-refractivity contribution < 1.29 is 4.79 Å². The van der Waals surface area contributed by atoms with E-state index in [2.05, 4.69) is 10.3 Å². The lowest BCUT2D eigenvalue weighted by atomic mass is 10.2. The largest absolute Gasteiger partial charge is 0.325 e. The minimum Gasteiger partial charge on any atom is -0.325 e. The van der Waals surface area contributed by atoms with Crippen LogP contribution in [-0.2, 0) is 11.3 Å². The van der Waals surface area contributed by atoms with Crippen LogP contribution in [0.4, 0.5) is 5.69 Å². The summed E-state index contributed by atoms with van der Waals surface area (Å²) < 4.78 is 1.61. The molecule has 0 aliphatic rings. The molecule has 1 heterocycles. The van der Waals surface area contributed by atoms with Crippen molar-refractivity contribution in [3.8, 4) is 6.07 Å². The van der Waals surface area contributed by atoms with Gasteiger partial charge in [-0.15, -0.1) is 0 Å². The van der Waals surface area contributed by atoms with Crippen molar-refractivity contribution in [2.24, 2.45) is 5.92 Å². The van der Waals surface area contributed by atoms with Gasteiger partial charge in [0.15, 0.2) is 5.16 Å². The normalized spacial score (nSPS) is 12.0. The Hall–Kier alpha value is -2.82. The third-order valence-electron chi connectivity index (χ3n) is 4.34. The van der Waals surface area contributed by atoms with Crippen LogP contribution in [0.5, 0.6) is 0 Å². The third kappa shape index (κ3) is 5.02. The molecule has 3 rings (SSSR count). The quantitative estimate of drug-likeness (QED) is 0.443. The van der Waals surface area contributed by atoms with E-state index in [1.165, 1.54) is 11.8 Å². The molecule has 1 unspecified atom stereocenters. The van der Waals surface area contributed by atoms with E-state index in [1.807, 2.05) is 19.9 Å². The number of hydrogen-bond donors (Lipinski definition) is 1. The smallest absolute Gasteiger partial charge is 0.262 e. The predicted octanol–water partition coefficient (Wildman–Crippen LogP) is 4.70. The summed E-state index contributed by atoms with van der Waals surface area (Å²) in [5.41, 5.74) is 1.38. The Bertz CT molecular complexity index is 1200. The average Bonchev–Trinajstić information content (AvgIpc) is 2.71. The van der Waals surface area contributed by atoms with Gasteiger partial charge < -0.3 is 5.32 Å². The second kappa shape index (κ2) is 9.33. The number of nitriles is 1. The molecule has 0 radical (unpaired) electrons. The number of carbonyl (C=O) groups excluding carboxylic acids is 1. The number of amides is 1. The summed E-state index contributed by atoms with van der Waals surface area (Å²) in [6, 6.07) is 13.8. The second-order valence-corrected chi connectivity index (χ2v) is 9.05. The van der Waals surface area contributed by atoms with Crippen molar-refractivity contribution in [1.29, 1.82) is 5.26 Å². The summed E-state index contributed by atoms with van der Waals surface area (Å²) in [7, 11) is 0. The minimum atomic E-state index is -0.509. The zero-order valence-corrected chi connectivity index (χ0v) is 18.4. The highest BCUT2D eigenvalue weighted by Gasteiger charge is 2.20. The maximum atomic E-state index is 13.1. The lowest BCUT2D eigenvalue weighted by Gasteiger charge is -2.17. The van der Waals surface area contributed by atoms with Crippen LogP contribution in [0.15, 0.2) is 52.4 Å². The second-order valence-electron chi connectivity index (χ2n) is 7.31. The molecule has 3 aromatic rings. The summed E-state index contributed by atoms with van der Waals surface area (Å²) in [6.45, 7) is 6.27. The molecule has 0 aliphatic heterocycles. The molecule has 8 heteroatoms. The molecule has 0 spiro atoms.